The highest BCUT2D eigenvalue weighted by Gasteiger charge is 2.37. The lowest BCUT2D eigenvalue weighted by Gasteiger charge is -2.37. The molecule has 0 radical (unpaired) electrons. The lowest BCUT2D eigenvalue weighted by Crippen LogP contribution is -2.34. The van der Waals surface area contributed by atoms with Crippen LogP contribution in [0.1, 0.15) is 41.5 Å². The first-order valence-corrected chi connectivity index (χ1v) is 12.2. The number of hydrogen-bond acceptors (Lipinski definition) is 3. The van der Waals surface area contributed by atoms with Crippen molar-refractivity contribution in [3.8, 4) is 11.5 Å². The van der Waals surface area contributed by atoms with E-state index >= 15 is 0 Å². The highest BCUT2D eigenvalue weighted by molar-refractivity contribution is 5.96. The second-order valence-corrected chi connectivity index (χ2v) is 9.46. The summed E-state index contributed by atoms with van der Waals surface area (Å²) in [5, 5.41) is 12.4. The molecule has 0 bridgehead atoms. The Morgan fingerprint density at radius 1 is 0.794 bits per heavy atom. The number of phenols is 1. The molecule has 4 aromatic carbocycles. The van der Waals surface area contributed by atoms with E-state index in [1.807, 2.05) is 12.1 Å². The van der Waals surface area contributed by atoms with Crippen molar-refractivity contribution in [2.24, 2.45) is 0 Å². The summed E-state index contributed by atoms with van der Waals surface area (Å²) in [6.07, 6.45) is 8.21. The minimum absolute atomic E-state index is 0.251. The maximum atomic E-state index is 9.94. The van der Waals surface area contributed by atoms with Crippen LogP contribution in [0, 0.1) is 6.92 Å². The van der Waals surface area contributed by atoms with Gasteiger partial charge in [0.15, 0.2) is 5.60 Å². The van der Waals surface area contributed by atoms with Gasteiger partial charge < -0.3 is 14.7 Å². The fourth-order valence-corrected chi connectivity index (χ4v) is 5.47. The molecule has 4 aromatic rings. The Hall–Kier alpha value is -3.72. The van der Waals surface area contributed by atoms with Gasteiger partial charge in [-0.05, 0) is 85.0 Å². The summed E-state index contributed by atoms with van der Waals surface area (Å²) in [6, 6.07) is 26.9. The van der Waals surface area contributed by atoms with Gasteiger partial charge in [0.1, 0.15) is 11.5 Å². The summed E-state index contributed by atoms with van der Waals surface area (Å²) in [7, 11) is 0. The van der Waals surface area contributed by atoms with Crippen LogP contribution in [0.25, 0.3) is 16.8 Å². The standard InChI is InChI=1S/C31H29NO2/c1-22-21-30-29(28-8-4-3-7-27(22)28)17-18-31(34-30,24-11-15-26(33)16-12-24)23-9-13-25(14-10-23)32-19-5-2-6-20-32/h3-4,7-18,21,33H,2,5-6,19-20H2,1H3. The summed E-state index contributed by atoms with van der Waals surface area (Å²) < 4.78 is 6.92. The van der Waals surface area contributed by atoms with E-state index in [9.17, 15) is 5.11 Å². The van der Waals surface area contributed by atoms with Crippen molar-refractivity contribution in [2.45, 2.75) is 31.8 Å². The molecule has 2 aliphatic heterocycles. The largest absolute Gasteiger partial charge is 0.508 e. The SMILES string of the molecule is Cc1cc2c(c3ccccc13)C=CC(c1ccc(O)cc1)(c1ccc(N3CCCCC3)cc1)O2. The number of rotatable bonds is 3. The molecule has 1 saturated heterocycles. The summed E-state index contributed by atoms with van der Waals surface area (Å²) in [5.41, 5.74) is 4.88. The number of hydrogen-bond donors (Lipinski definition) is 1. The van der Waals surface area contributed by atoms with Crippen LogP contribution in [0.4, 0.5) is 5.69 Å². The van der Waals surface area contributed by atoms with Gasteiger partial charge in [-0.2, -0.15) is 0 Å². The molecule has 1 unspecified atom stereocenters. The van der Waals surface area contributed by atoms with E-state index in [-0.39, 0.29) is 5.75 Å². The maximum Gasteiger partial charge on any atom is 0.178 e. The van der Waals surface area contributed by atoms with Crippen molar-refractivity contribution >= 4 is 22.5 Å². The van der Waals surface area contributed by atoms with Gasteiger partial charge in [-0.15, -0.1) is 0 Å². The van der Waals surface area contributed by atoms with Crippen molar-refractivity contribution < 1.29 is 9.84 Å². The van der Waals surface area contributed by atoms with E-state index in [0.29, 0.717) is 0 Å². The molecular formula is C31H29NO2. The quantitative estimate of drug-likeness (QED) is 0.361. The predicted octanol–water partition coefficient (Wildman–Crippen LogP) is 7.19. The first kappa shape index (κ1) is 20.9. The Morgan fingerprint density at radius 2 is 1.44 bits per heavy atom. The molecule has 1 N–H and O–H groups in total. The van der Waals surface area contributed by atoms with Crippen molar-refractivity contribution in [3.05, 3.63) is 107 Å². The minimum Gasteiger partial charge on any atom is -0.508 e. The van der Waals surface area contributed by atoms with Gasteiger partial charge in [0.25, 0.3) is 0 Å². The maximum absolute atomic E-state index is 9.94. The van der Waals surface area contributed by atoms with Gasteiger partial charge in [-0.25, -0.2) is 0 Å². The molecule has 2 heterocycles. The fraction of sp³-hybridized carbons (Fsp3) is 0.226. The smallest absolute Gasteiger partial charge is 0.178 e. The minimum atomic E-state index is -0.768. The van der Waals surface area contributed by atoms with Crippen molar-refractivity contribution in [1.82, 2.24) is 0 Å². The number of anilines is 1. The Morgan fingerprint density at radius 3 is 2.15 bits per heavy atom. The van der Waals surface area contributed by atoms with Crippen LogP contribution < -0.4 is 9.64 Å². The summed E-state index contributed by atoms with van der Waals surface area (Å²) >= 11 is 0. The molecule has 170 valence electrons. The molecule has 2 aliphatic rings. The van der Waals surface area contributed by atoms with Gasteiger partial charge >= 0.3 is 0 Å². The lowest BCUT2D eigenvalue weighted by molar-refractivity contribution is 0.161. The molecule has 0 aromatic heterocycles. The number of fused-ring (bicyclic) bond motifs is 3. The first-order chi connectivity index (χ1) is 16.6. The zero-order valence-electron chi connectivity index (χ0n) is 19.5. The molecule has 0 amide bonds. The molecule has 0 aliphatic carbocycles. The van der Waals surface area contributed by atoms with Crippen molar-refractivity contribution in [1.29, 1.82) is 0 Å². The Bertz CT molecular complexity index is 1370. The molecule has 1 fully saturated rings. The topological polar surface area (TPSA) is 32.7 Å². The van der Waals surface area contributed by atoms with E-state index in [2.05, 4.69) is 78.6 Å². The van der Waals surface area contributed by atoms with Crippen LogP contribution in [-0.4, -0.2) is 18.2 Å². The van der Waals surface area contributed by atoms with Crippen molar-refractivity contribution in [2.75, 3.05) is 18.0 Å². The third kappa shape index (κ3) is 3.43. The van der Waals surface area contributed by atoms with E-state index in [1.165, 1.54) is 41.3 Å². The number of aromatic hydroxyl groups is 1. The molecule has 3 nitrogen and oxygen atoms in total. The second-order valence-electron chi connectivity index (χ2n) is 9.46. The first-order valence-electron chi connectivity index (χ1n) is 12.2. The predicted molar refractivity (Wildman–Crippen MR) is 140 cm³/mol. The molecule has 3 heteroatoms. The van der Waals surface area contributed by atoms with Gasteiger partial charge in [0.2, 0.25) is 0 Å². The number of nitrogens with zero attached hydrogens (tertiary/aromatic N) is 1. The van der Waals surface area contributed by atoms with Crippen LogP contribution in [0.15, 0.2) is 84.9 Å². The number of benzene rings is 4. The highest BCUT2D eigenvalue weighted by Crippen LogP contribution is 2.45. The number of phenolic OH excluding ortho intramolecular Hbond substituents is 1. The van der Waals surface area contributed by atoms with E-state index in [0.717, 1.165) is 35.5 Å². The van der Waals surface area contributed by atoms with Gasteiger partial charge in [0.05, 0.1) is 0 Å². The average molecular weight is 448 g/mol. The molecule has 0 saturated carbocycles. The molecule has 6 rings (SSSR count). The lowest BCUT2D eigenvalue weighted by atomic mass is 9.82. The number of ether oxygens (including phenoxy) is 1. The normalized spacial score (nSPS) is 19.6. The monoisotopic (exact) mass is 447 g/mol. The van der Waals surface area contributed by atoms with Crippen LogP contribution in [0.3, 0.4) is 0 Å². The molecule has 1 atom stereocenters. The van der Waals surface area contributed by atoms with E-state index < -0.39 is 5.60 Å². The van der Waals surface area contributed by atoms with Crippen LogP contribution >= 0.6 is 0 Å². The third-order valence-electron chi connectivity index (χ3n) is 7.32. The second kappa shape index (κ2) is 8.25. The third-order valence-corrected chi connectivity index (χ3v) is 7.32. The van der Waals surface area contributed by atoms with Crippen LogP contribution in [0.5, 0.6) is 11.5 Å². The zero-order chi connectivity index (χ0) is 23.1. The van der Waals surface area contributed by atoms with E-state index in [4.69, 9.17) is 4.74 Å². The Labute approximate surface area is 200 Å². The van der Waals surface area contributed by atoms with Gasteiger partial charge in [0, 0.05) is 35.5 Å². The highest BCUT2D eigenvalue weighted by atomic mass is 16.5. The Balaban J connectivity index is 1.48. The molecule has 34 heavy (non-hydrogen) atoms. The van der Waals surface area contributed by atoms with Gasteiger partial charge in [-0.3, -0.25) is 0 Å². The number of piperidine rings is 1. The van der Waals surface area contributed by atoms with Crippen LogP contribution in [0.2, 0.25) is 0 Å². The van der Waals surface area contributed by atoms with E-state index in [1.54, 1.807) is 12.1 Å². The van der Waals surface area contributed by atoms with Crippen molar-refractivity contribution in [3.63, 3.8) is 0 Å². The summed E-state index contributed by atoms with van der Waals surface area (Å²) in [4.78, 5) is 2.48. The zero-order valence-corrected chi connectivity index (χ0v) is 19.5. The molecular weight excluding hydrogens is 418 g/mol. The summed E-state index contributed by atoms with van der Waals surface area (Å²) in [6.45, 7) is 4.39. The number of aryl methyl sites for hydroxylation is 1. The fourth-order valence-electron chi connectivity index (χ4n) is 5.47. The van der Waals surface area contributed by atoms with Gasteiger partial charge in [-0.1, -0.05) is 48.5 Å². The molecule has 0 spiro atoms. The average Bonchev–Trinajstić information content (AvgIpc) is 2.89. The summed E-state index contributed by atoms with van der Waals surface area (Å²) in [5.74, 6) is 1.13. The van der Waals surface area contributed by atoms with Crippen LogP contribution in [-0.2, 0) is 5.60 Å². The Kier molecular flexibility index (Phi) is 5.06.